The van der Waals surface area contributed by atoms with Gasteiger partial charge in [0.25, 0.3) is 5.56 Å². The number of hydrogen-bond donors (Lipinski definition) is 1. The lowest BCUT2D eigenvalue weighted by Crippen LogP contribution is -2.22. The van der Waals surface area contributed by atoms with Crippen molar-refractivity contribution in [2.75, 3.05) is 7.11 Å². The Balaban J connectivity index is 2.50. The third-order valence-electron chi connectivity index (χ3n) is 2.73. The van der Waals surface area contributed by atoms with Crippen molar-refractivity contribution >= 4 is 5.97 Å². The maximum absolute atomic E-state index is 13.4. The van der Waals surface area contributed by atoms with E-state index in [1.165, 1.54) is 37.6 Å². The average molecular weight is 277 g/mol. The highest BCUT2D eigenvalue weighted by Crippen LogP contribution is 2.24. The van der Waals surface area contributed by atoms with Crippen LogP contribution in [0.15, 0.2) is 41.3 Å². The first-order valence-corrected chi connectivity index (χ1v) is 5.77. The molecule has 0 atom stereocenters. The van der Waals surface area contributed by atoms with Crippen molar-refractivity contribution in [2.24, 2.45) is 0 Å². The Bertz CT molecular complexity index is 709. The Labute approximate surface area is 113 Å². The highest BCUT2D eigenvalue weighted by Gasteiger charge is 2.07. The number of nitrogens with zero attached hydrogens (tertiary/aromatic N) is 1. The summed E-state index contributed by atoms with van der Waals surface area (Å²) in [7, 11) is 1.42. The van der Waals surface area contributed by atoms with Gasteiger partial charge in [0, 0.05) is 18.3 Å². The van der Waals surface area contributed by atoms with Gasteiger partial charge >= 0.3 is 5.97 Å². The zero-order chi connectivity index (χ0) is 14.7. The van der Waals surface area contributed by atoms with Crippen molar-refractivity contribution in [3.8, 4) is 16.9 Å². The number of methoxy groups -OCH3 is 1. The minimum absolute atomic E-state index is 0.344. The number of carboxylic acid groups (broad SMARTS) is 1. The first-order valence-electron chi connectivity index (χ1n) is 5.77. The largest absolute Gasteiger partial charge is 0.497 e. The summed E-state index contributed by atoms with van der Waals surface area (Å²) in [6.45, 7) is -0.445. The Morgan fingerprint density at radius 1 is 1.30 bits per heavy atom. The fourth-order valence-corrected chi connectivity index (χ4v) is 1.82. The van der Waals surface area contributed by atoms with E-state index < -0.39 is 23.9 Å². The average Bonchev–Trinajstić information content (AvgIpc) is 2.40. The zero-order valence-electron chi connectivity index (χ0n) is 10.7. The molecule has 0 aliphatic rings. The minimum atomic E-state index is -1.12. The summed E-state index contributed by atoms with van der Waals surface area (Å²) in [6.07, 6.45) is 1.38. The van der Waals surface area contributed by atoms with Gasteiger partial charge in [-0.15, -0.1) is 0 Å². The van der Waals surface area contributed by atoms with Gasteiger partial charge in [-0.05, 0) is 29.3 Å². The van der Waals surface area contributed by atoms with Gasteiger partial charge in [-0.1, -0.05) is 0 Å². The highest BCUT2D eigenvalue weighted by atomic mass is 19.1. The predicted octanol–water partition coefficient (Wildman–Crippen LogP) is 1.75. The van der Waals surface area contributed by atoms with E-state index in [0.29, 0.717) is 16.9 Å². The molecule has 0 unspecified atom stereocenters. The van der Waals surface area contributed by atoms with E-state index in [4.69, 9.17) is 9.84 Å². The second kappa shape index (κ2) is 5.56. The van der Waals surface area contributed by atoms with Crippen molar-refractivity contribution in [3.05, 3.63) is 52.7 Å². The standard InChI is InChI=1S/C14H12FNO4/c1-20-12-5-10(4-11(15)6-12)9-2-3-13(17)16(7-9)8-14(18)19/h2-7H,8H2,1H3,(H,18,19). The lowest BCUT2D eigenvalue weighted by Gasteiger charge is -2.08. The fourth-order valence-electron chi connectivity index (χ4n) is 1.82. The van der Waals surface area contributed by atoms with Crippen LogP contribution in [-0.2, 0) is 11.3 Å². The van der Waals surface area contributed by atoms with E-state index >= 15 is 0 Å². The van der Waals surface area contributed by atoms with Crippen LogP contribution in [-0.4, -0.2) is 22.8 Å². The van der Waals surface area contributed by atoms with Gasteiger partial charge in [0.15, 0.2) is 0 Å². The van der Waals surface area contributed by atoms with E-state index in [0.717, 1.165) is 4.57 Å². The van der Waals surface area contributed by atoms with Crippen LogP contribution >= 0.6 is 0 Å². The zero-order valence-corrected chi connectivity index (χ0v) is 10.7. The van der Waals surface area contributed by atoms with Crippen LogP contribution in [0.3, 0.4) is 0 Å². The SMILES string of the molecule is COc1cc(F)cc(-c2ccc(=O)n(CC(=O)O)c2)c1. The molecule has 6 heteroatoms. The first-order chi connectivity index (χ1) is 9.49. The molecule has 1 N–H and O–H groups in total. The molecule has 0 aliphatic heterocycles. The molecular formula is C14H12FNO4. The molecule has 1 aromatic carbocycles. The Morgan fingerprint density at radius 3 is 2.70 bits per heavy atom. The van der Waals surface area contributed by atoms with Crippen LogP contribution in [0, 0.1) is 5.82 Å². The summed E-state index contributed by atoms with van der Waals surface area (Å²) < 4.78 is 19.5. The van der Waals surface area contributed by atoms with Crippen LogP contribution in [0.25, 0.3) is 11.1 Å². The summed E-state index contributed by atoms with van der Waals surface area (Å²) in [5, 5.41) is 8.74. The molecular weight excluding hydrogens is 265 g/mol. The summed E-state index contributed by atoms with van der Waals surface area (Å²) in [5.41, 5.74) is 0.601. The van der Waals surface area contributed by atoms with E-state index in [9.17, 15) is 14.0 Å². The molecule has 0 bridgehead atoms. The second-order valence-electron chi connectivity index (χ2n) is 4.16. The van der Waals surface area contributed by atoms with Crippen molar-refractivity contribution in [1.29, 1.82) is 0 Å². The maximum atomic E-state index is 13.4. The summed E-state index contributed by atoms with van der Waals surface area (Å²) in [6, 6.07) is 6.88. The molecule has 0 aliphatic carbocycles. The number of aliphatic carboxylic acids is 1. The molecule has 104 valence electrons. The van der Waals surface area contributed by atoms with Crippen molar-refractivity contribution in [1.82, 2.24) is 4.57 Å². The van der Waals surface area contributed by atoms with E-state index in [1.807, 2.05) is 0 Å². The van der Waals surface area contributed by atoms with E-state index in [2.05, 4.69) is 0 Å². The molecule has 0 saturated carbocycles. The number of hydrogen-bond acceptors (Lipinski definition) is 3. The van der Waals surface area contributed by atoms with Gasteiger partial charge < -0.3 is 14.4 Å². The third-order valence-corrected chi connectivity index (χ3v) is 2.73. The molecule has 0 fully saturated rings. The topological polar surface area (TPSA) is 68.5 Å². The molecule has 0 amide bonds. The molecule has 0 saturated heterocycles. The van der Waals surface area contributed by atoms with Crippen LogP contribution in [0.2, 0.25) is 0 Å². The van der Waals surface area contributed by atoms with Gasteiger partial charge in [0.2, 0.25) is 0 Å². The molecule has 1 aromatic heterocycles. The molecule has 20 heavy (non-hydrogen) atoms. The number of carbonyl (C=O) groups is 1. The molecule has 2 aromatic rings. The van der Waals surface area contributed by atoms with Gasteiger partial charge in [0.05, 0.1) is 7.11 Å². The monoisotopic (exact) mass is 277 g/mol. The van der Waals surface area contributed by atoms with Crippen LogP contribution in [0.1, 0.15) is 0 Å². The van der Waals surface area contributed by atoms with Crippen molar-refractivity contribution in [2.45, 2.75) is 6.54 Å². The van der Waals surface area contributed by atoms with E-state index in [1.54, 1.807) is 6.07 Å². The number of aromatic nitrogens is 1. The van der Waals surface area contributed by atoms with Crippen molar-refractivity contribution < 1.29 is 19.0 Å². The summed E-state index contributed by atoms with van der Waals surface area (Å²) in [5.74, 6) is -1.26. The molecule has 5 nitrogen and oxygen atoms in total. The van der Waals surface area contributed by atoms with Gasteiger partial charge in [-0.3, -0.25) is 9.59 Å². The molecule has 0 spiro atoms. The lowest BCUT2D eigenvalue weighted by molar-refractivity contribution is -0.137. The van der Waals surface area contributed by atoms with Gasteiger partial charge in [0.1, 0.15) is 18.1 Å². The smallest absolute Gasteiger partial charge is 0.323 e. The van der Waals surface area contributed by atoms with Crippen LogP contribution < -0.4 is 10.3 Å². The van der Waals surface area contributed by atoms with Crippen LogP contribution in [0.4, 0.5) is 4.39 Å². The third kappa shape index (κ3) is 3.03. The highest BCUT2D eigenvalue weighted by molar-refractivity contribution is 5.68. The Hall–Kier alpha value is -2.63. The number of ether oxygens (including phenoxy) is 1. The number of benzene rings is 1. The summed E-state index contributed by atoms with van der Waals surface area (Å²) in [4.78, 5) is 22.2. The second-order valence-corrected chi connectivity index (χ2v) is 4.16. The maximum Gasteiger partial charge on any atom is 0.323 e. The summed E-state index contributed by atoms with van der Waals surface area (Å²) >= 11 is 0. The Morgan fingerprint density at radius 2 is 2.05 bits per heavy atom. The van der Waals surface area contributed by atoms with Crippen LogP contribution in [0.5, 0.6) is 5.75 Å². The predicted molar refractivity (Wildman–Crippen MR) is 70.3 cm³/mol. The Kier molecular flexibility index (Phi) is 3.84. The fraction of sp³-hybridized carbons (Fsp3) is 0.143. The quantitative estimate of drug-likeness (QED) is 0.924. The number of carboxylic acids is 1. The lowest BCUT2D eigenvalue weighted by atomic mass is 10.1. The normalized spacial score (nSPS) is 10.3. The first kappa shape index (κ1) is 13.8. The molecule has 2 rings (SSSR count). The van der Waals surface area contributed by atoms with Crippen molar-refractivity contribution in [3.63, 3.8) is 0 Å². The number of pyridine rings is 1. The van der Waals surface area contributed by atoms with Gasteiger partial charge in [-0.25, -0.2) is 4.39 Å². The number of rotatable bonds is 4. The minimum Gasteiger partial charge on any atom is -0.497 e. The van der Waals surface area contributed by atoms with E-state index in [-0.39, 0.29) is 0 Å². The number of halogens is 1. The molecule has 1 heterocycles. The van der Waals surface area contributed by atoms with Gasteiger partial charge in [-0.2, -0.15) is 0 Å². The molecule has 0 radical (unpaired) electrons.